The highest BCUT2D eigenvalue weighted by atomic mass is 19.2. The SMILES string of the molecule is COC(=O)/C=C(\O)c1cc(F)c(F)c(F)c1F. The second-order valence-electron chi connectivity index (χ2n) is 2.90. The first-order chi connectivity index (χ1) is 7.88. The van der Waals surface area contributed by atoms with Crippen molar-refractivity contribution in [2.45, 2.75) is 0 Å². The van der Waals surface area contributed by atoms with E-state index in [1.165, 1.54) is 0 Å². The zero-order valence-corrected chi connectivity index (χ0v) is 8.43. The van der Waals surface area contributed by atoms with E-state index in [0.717, 1.165) is 7.11 Å². The molecule has 0 unspecified atom stereocenters. The largest absolute Gasteiger partial charge is 0.507 e. The summed E-state index contributed by atoms with van der Waals surface area (Å²) < 4.78 is 55.4. The Balaban J connectivity index is 3.33. The summed E-state index contributed by atoms with van der Waals surface area (Å²) in [5, 5.41) is 9.21. The predicted octanol–water partition coefficient (Wildman–Crippen LogP) is 2.31. The van der Waals surface area contributed by atoms with Crippen LogP contribution in [0.25, 0.3) is 5.76 Å². The van der Waals surface area contributed by atoms with Crippen LogP contribution in [0.15, 0.2) is 12.1 Å². The van der Waals surface area contributed by atoms with Gasteiger partial charge in [-0.05, 0) is 6.07 Å². The predicted molar refractivity (Wildman–Crippen MR) is 48.9 cm³/mol. The zero-order chi connectivity index (χ0) is 13.2. The Kier molecular flexibility index (Phi) is 3.72. The van der Waals surface area contributed by atoms with E-state index in [0.29, 0.717) is 6.08 Å². The number of hydrogen-bond acceptors (Lipinski definition) is 3. The van der Waals surface area contributed by atoms with Gasteiger partial charge in [-0.2, -0.15) is 0 Å². The molecule has 1 N–H and O–H groups in total. The molecule has 0 fully saturated rings. The lowest BCUT2D eigenvalue weighted by atomic mass is 10.1. The van der Waals surface area contributed by atoms with E-state index >= 15 is 0 Å². The van der Waals surface area contributed by atoms with E-state index in [9.17, 15) is 27.5 Å². The third-order valence-electron chi connectivity index (χ3n) is 1.83. The molecule has 17 heavy (non-hydrogen) atoms. The summed E-state index contributed by atoms with van der Waals surface area (Å²) in [4.78, 5) is 10.7. The highest BCUT2D eigenvalue weighted by molar-refractivity contribution is 5.89. The van der Waals surface area contributed by atoms with Crippen LogP contribution in [0.5, 0.6) is 0 Å². The second kappa shape index (κ2) is 4.86. The molecule has 0 aliphatic rings. The summed E-state index contributed by atoms with van der Waals surface area (Å²) in [5.41, 5.74) is -0.980. The van der Waals surface area contributed by atoms with E-state index < -0.39 is 40.6 Å². The number of benzene rings is 1. The van der Waals surface area contributed by atoms with Crippen LogP contribution < -0.4 is 0 Å². The molecular formula is C10H6F4O3. The Bertz CT molecular complexity index is 497. The van der Waals surface area contributed by atoms with Crippen molar-refractivity contribution in [2.75, 3.05) is 7.11 Å². The molecule has 0 amide bonds. The van der Waals surface area contributed by atoms with Crippen LogP contribution in [0.2, 0.25) is 0 Å². The lowest BCUT2D eigenvalue weighted by molar-refractivity contribution is -0.134. The molecule has 0 aliphatic carbocycles. The van der Waals surface area contributed by atoms with Crippen LogP contribution in [0, 0.1) is 23.3 Å². The minimum absolute atomic E-state index is 0.225. The van der Waals surface area contributed by atoms with Gasteiger partial charge in [0.15, 0.2) is 23.3 Å². The Morgan fingerprint density at radius 3 is 2.35 bits per heavy atom. The van der Waals surface area contributed by atoms with Gasteiger partial charge < -0.3 is 9.84 Å². The molecule has 0 bridgehead atoms. The van der Waals surface area contributed by atoms with Crippen molar-refractivity contribution in [3.8, 4) is 0 Å². The number of halogens is 4. The molecule has 0 heterocycles. The van der Waals surface area contributed by atoms with Gasteiger partial charge in [-0.3, -0.25) is 0 Å². The first kappa shape index (κ1) is 13.0. The summed E-state index contributed by atoms with van der Waals surface area (Å²) in [7, 11) is 0.980. The monoisotopic (exact) mass is 250 g/mol. The minimum Gasteiger partial charge on any atom is -0.507 e. The van der Waals surface area contributed by atoms with Gasteiger partial charge in [0.05, 0.1) is 18.7 Å². The molecule has 92 valence electrons. The molecule has 1 aromatic carbocycles. The molecule has 1 rings (SSSR count). The number of esters is 1. The third-order valence-corrected chi connectivity index (χ3v) is 1.83. The highest BCUT2D eigenvalue weighted by Crippen LogP contribution is 2.23. The number of ether oxygens (including phenoxy) is 1. The molecule has 0 saturated carbocycles. The fraction of sp³-hybridized carbons (Fsp3) is 0.100. The van der Waals surface area contributed by atoms with Gasteiger partial charge in [0, 0.05) is 0 Å². The minimum atomic E-state index is -2.08. The van der Waals surface area contributed by atoms with Gasteiger partial charge in [0.2, 0.25) is 0 Å². The molecular weight excluding hydrogens is 244 g/mol. The number of methoxy groups -OCH3 is 1. The highest BCUT2D eigenvalue weighted by Gasteiger charge is 2.21. The number of carbonyl (C=O) groups is 1. The van der Waals surface area contributed by atoms with Crippen molar-refractivity contribution in [2.24, 2.45) is 0 Å². The van der Waals surface area contributed by atoms with Gasteiger partial charge >= 0.3 is 5.97 Å². The van der Waals surface area contributed by atoms with E-state index in [2.05, 4.69) is 4.74 Å². The summed E-state index contributed by atoms with van der Waals surface area (Å²) in [5.74, 6) is -9.72. The van der Waals surface area contributed by atoms with Crippen molar-refractivity contribution in [3.63, 3.8) is 0 Å². The average molecular weight is 250 g/mol. The van der Waals surface area contributed by atoms with Crippen molar-refractivity contribution in [1.82, 2.24) is 0 Å². The number of aliphatic hydroxyl groups excluding tert-OH is 1. The van der Waals surface area contributed by atoms with E-state index in [4.69, 9.17) is 0 Å². The Morgan fingerprint density at radius 2 is 1.82 bits per heavy atom. The maximum Gasteiger partial charge on any atom is 0.334 e. The average Bonchev–Trinajstić information content (AvgIpc) is 2.30. The molecule has 0 saturated heterocycles. The second-order valence-corrected chi connectivity index (χ2v) is 2.90. The fourth-order valence-corrected chi connectivity index (χ4v) is 1.01. The zero-order valence-electron chi connectivity index (χ0n) is 8.43. The molecule has 0 aromatic heterocycles. The summed E-state index contributed by atoms with van der Waals surface area (Å²) in [6.45, 7) is 0. The van der Waals surface area contributed by atoms with Gasteiger partial charge in [-0.15, -0.1) is 0 Å². The number of hydrogen-bond donors (Lipinski definition) is 1. The normalized spacial score (nSPS) is 11.5. The van der Waals surface area contributed by atoms with Crippen molar-refractivity contribution < 1.29 is 32.2 Å². The lowest BCUT2D eigenvalue weighted by Crippen LogP contribution is -2.03. The van der Waals surface area contributed by atoms with Crippen molar-refractivity contribution in [3.05, 3.63) is 41.0 Å². The molecule has 3 nitrogen and oxygen atoms in total. The topological polar surface area (TPSA) is 46.5 Å². The van der Waals surface area contributed by atoms with E-state index in [1.54, 1.807) is 0 Å². The van der Waals surface area contributed by atoms with Crippen LogP contribution >= 0.6 is 0 Å². The Labute approximate surface area is 92.9 Å². The lowest BCUT2D eigenvalue weighted by Gasteiger charge is -2.04. The van der Waals surface area contributed by atoms with Gasteiger partial charge in [0.25, 0.3) is 0 Å². The van der Waals surface area contributed by atoms with E-state index in [1.807, 2.05) is 0 Å². The first-order valence-electron chi connectivity index (χ1n) is 4.20. The van der Waals surface area contributed by atoms with Crippen LogP contribution in [-0.2, 0) is 9.53 Å². The van der Waals surface area contributed by atoms with Crippen LogP contribution in [0.1, 0.15) is 5.56 Å². The smallest absolute Gasteiger partial charge is 0.334 e. The van der Waals surface area contributed by atoms with Crippen molar-refractivity contribution in [1.29, 1.82) is 0 Å². The molecule has 0 atom stereocenters. The van der Waals surface area contributed by atoms with Crippen molar-refractivity contribution >= 4 is 11.7 Å². The third kappa shape index (κ3) is 2.55. The van der Waals surface area contributed by atoms with Gasteiger partial charge in [-0.1, -0.05) is 0 Å². The summed E-state index contributed by atoms with van der Waals surface area (Å²) >= 11 is 0. The maximum absolute atomic E-state index is 13.1. The Hall–Kier alpha value is -2.05. The van der Waals surface area contributed by atoms with Crippen LogP contribution in [0.3, 0.4) is 0 Å². The summed E-state index contributed by atoms with van der Waals surface area (Å²) in [6.07, 6.45) is 0.398. The van der Waals surface area contributed by atoms with Gasteiger partial charge in [-0.25, -0.2) is 22.4 Å². The molecule has 0 radical (unpaired) electrons. The number of rotatable bonds is 2. The molecule has 0 spiro atoms. The molecule has 7 heteroatoms. The molecule has 0 aliphatic heterocycles. The number of aliphatic hydroxyl groups is 1. The van der Waals surface area contributed by atoms with Gasteiger partial charge in [0.1, 0.15) is 5.76 Å². The van der Waals surface area contributed by atoms with E-state index in [-0.39, 0.29) is 6.07 Å². The first-order valence-corrected chi connectivity index (χ1v) is 4.20. The summed E-state index contributed by atoms with van der Waals surface area (Å²) in [6, 6.07) is 0.225. The molecule has 1 aromatic rings. The fourth-order valence-electron chi connectivity index (χ4n) is 1.01. The van der Waals surface area contributed by atoms with Crippen LogP contribution in [0.4, 0.5) is 17.6 Å². The Morgan fingerprint density at radius 1 is 1.24 bits per heavy atom. The van der Waals surface area contributed by atoms with Crippen LogP contribution in [-0.4, -0.2) is 18.2 Å². The quantitative estimate of drug-likeness (QED) is 0.219. The number of carbonyl (C=O) groups excluding carboxylic acids is 1. The maximum atomic E-state index is 13.1. The standard InChI is InChI=1S/C10H6F4O3/c1-17-7(16)3-6(15)4-2-5(11)9(13)10(14)8(4)12/h2-3,15H,1H3/b6-3-.